The molecule has 0 aliphatic rings. The summed E-state index contributed by atoms with van der Waals surface area (Å²) in [5, 5.41) is 6.09. The number of aromatic nitrogens is 1. The zero-order chi connectivity index (χ0) is 18.2. The lowest BCUT2D eigenvalue weighted by atomic mass is 10.3. The average Bonchev–Trinajstić information content (AvgIpc) is 2.55. The van der Waals surface area contributed by atoms with Gasteiger partial charge >= 0.3 is 0 Å². The number of ether oxygens (including phenoxy) is 1. The summed E-state index contributed by atoms with van der Waals surface area (Å²) in [4.78, 5) is 20.2. The molecule has 0 saturated heterocycles. The Labute approximate surface area is 174 Å². The maximum atomic E-state index is 11.9. The number of aliphatic imine (C=N–C) groups is 1. The molecule has 0 unspecified atom stereocenters. The van der Waals surface area contributed by atoms with Gasteiger partial charge in [-0.3, -0.25) is 9.79 Å². The number of halogens is 2. The number of rotatable bonds is 6. The van der Waals surface area contributed by atoms with Crippen molar-refractivity contribution in [2.75, 3.05) is 24.3 Å². The monoisotopic (exact) mass is 489 g/mol. The van der Waals surface area contributed by atoms with E-state index in [9.17, 15) is 4.79 Å². The number of benzene rings is 1. The highest BCUT2D eigenvalue weighted by Gasteiger charge is 2.04. The second-order valence-electron chi connectivity index (χ2n) is 5.20. The topological polar surface area (TPSA) is 102 Å². The standard InChI is InChI=1S/C17H20ClN5O2.HI/c1-11-4-3-5-15(21-11)23-16(24)8-9-20-17(19)22-12-6-7-14(25-2)13(18)10-12;/h3-7,10H,8-9H2,1-2H3,(H3,19,20,22)(H,21,23,24);1H. The van der Waals surface area contributed by atoms with Crippen molar-refractivity contribution in [3.05, 3.63) is 47.1 Å². The molecule has 1 aromatic heterocycles. The van der Waals surface area contributed by atoms with Crippen molar-refractivity contribution >= 4 is 58.9 Å². The SMILES string of the molecule is COc1ccc(NC(N)=NCCC(=O)Nc2cccc(C)n2)cc1Cl.I. The van der Waals surface area contributed by atoms with E-state index >= 15 is 0 Å². The van der Waals surface area contributed by atoms with Crippen LogP contribution in [0.4, 0.5) is 11.5 Å². The first-order valence-electron chi connectivity index (χ1n) is 7.62. The zero-order valence-electron chi connectivity index (χ0n) is 14.5. The largest absolute Gasteiger partial charge is 0.495 e. The minimum atomic E-state index is -0.179. The maximum Gasteiger partial charge on any atom is 0.227 e. The minimum absolute atomic E-state index is 0. The number of pyridine rings is 1. The van der Waals surface area contributed by atoms with Gasteiger partial charge < -0.3 is 21.1 Å². The van der Waals surface area contributed by atoms with E-state index in [4.69, 9.17) is 22.1 Å². The Balaban J connectivity index is 0.00000338. The predicted octanol–water partition coefficient (Wildman–Crippen LogP) is 3.43. The number of aryl methyl sites for hydroxylation is 1. The molecule has 0 radical (unpaired) electrons. The Morgan fingerprint density at radius 1 is 1.31 bits per heavy atom. The van der Waals surface area contributed by atoms with Gasteiger partial charge in [0, 0.05) is 17.8 Å². The molecule has 0 fully saturated rings. The summed E-state index contributed by atoms with van der Waals surface area (Å²) in [5.74, 6) is 1.11. The van der Waals surface area contributed by atoms with E-state index in [2.05, 4.69) is 20.6 Å². The third-order valence-corrected chi connectivity index (χ3v) is 3.50. The Morgan fingerprint density at radius 3 is 2.73 bits per heavy atom. The molecule has 2 rings (SSSR count). The molecule has 0 saturated carbocycles. The number of anilines is 2. The molecule has 9 heteroatoms. The van der Waals surface area contributed by atoms with E-state index in [1.165, 1.54) is 0 Å². The highest BCUT2D eigenvalue weighted by atomic mass is 127. The fraction of sp³-hybridized carbons (Fsp3) is 0.235. The summed E-state index contributed by atoms with van der Waals surface area (Å²) < 4.78 is 5.08. The van der Waals surface area contributed by atoms with Crippen LogP contribution in [0.3, 0.4) is 0 Å². The Bertz CT molecular complexity index is 785. The molecule has 0 bridgehead atoms. The van der Waals surface area contributed by atoms with Gasteiger partial charge in [0.2, 0.25) is 5.91 Å². The van der Waals surface area contributed by atoms with Crippen LogP contribution in [0.25, 0.3) is 0 Å². The highest BCUT2D eigenvalue weighted by Crippen LogP contribution is 2.26. The Kier molecular flexibility index (Phi) is 9.14. The van der Waals surface area contributed by atoms with Gasteiger partial charge in [0.05, 0.1) is 18.7 Å². The van der Waals surface area contributed by atoms with Crippen molar-refractivity contribution in [2.45, 2.75) is 13.3 Å². The lowest BCUT2D eigenvalue weighted by Crippen LogP contribution is -2.23. The quantitative estimate of drug-likeness (QED) is 0.328. The molecule has 2 aromatic rings. The van der Waals surface area contributed by atoms with Crippen LogP contribution >= 0.6 is 35.6 Å². The molecule has 7 nitrogen and oxygen atoms in total. The Morgan fingerprint density at radius 2 is 2.08 bits per heavy atom. The molecule has 0 aliphatic carbocycles. The van der Waals surface area contributed by atoms with Gasteiger partial charge in [0.25, 0.3) is 0 Å². The van der Waals surface area contributed by atoms with Gasteiger partial charge in [-0.2, -0.15) is 0 Å². The smallest absolute Gasteiger partial charge is 0.227 e. The van der Waals surface area contributed by atoms with Crippen LogP contribution < -0.4 is 21.1 Å². The molecule has 4 N–H and O–H groups in total. The second kappa shape index (κ2) is 10.8. The number of carbonyl (C=O) groups is 1. The van der Waals surface area contributed by atoms with Gasteiger partial charge in [-0.15, -0.1) is 24.0 Å². The fourth-order valence-electron chi connectivity index (χ4n) is 2.03. The number of hydrogen-bond acceptors (Lipinski definition) is 4. The van der Waals surface area contributed by atoms with Crippen LogP contribution in [0.15, 0.2) is 41.4 Å². The molecule has 26 heavy (non-hydrogen) atoms. The number of carbonyl (C=O) groups excluding carboxylic acids is 1. The van der Waals surface area contributed by atoms with Crippen LogP contribution in [0.5, 0.6) is 5.75 Å². The van der Waals surface area contributed by atoms with E-state index in [1.54, 1.807) is 31.4 Å². The highest BCUT2D eigenvalue weighted by molar-refractivity contribution is 14.0. The molecule has 0 aliphatic heterocycles. The van der Waals surface area contributed by atoms with E-state index in [0.29, 0.717) is 22.3 Å². The fourth-order valence-corrected chi connectivity index (χ4v) is 2.29. The molecule has 1 heterocycles. The van der Waals surface area contributed by atoms with E-state index in [1.807, 2.05) is 19.1 Å². The van der Waals surface area contributed by atoms with Crippen molar-refractivity contribution in [1.82, 2.24) is 4.98 Å². The first-order chi connectivity index (χ1) is 12.0. The lowest BCUT2D eigenvalue weighted by molar-refractivity contribution is -0.116. The van der Waals surface area contributed by atoms with Crippen LogP contribution in [-0.4, -0.2) is 30.5 Å². The van der Waals surface area contributed by atoms with Crippen LogP contribution in [0.1, 0.15) is 12.1 Å². The van der Waals surface area contributed by atoms with E-state index in [0.717, 1.165) is 5.69 Å². The summed E-state index contributed by atoms with van der Waals surface area (Å²) in [6.45, 7) is 2.11. The van der Waals surface area contributed by atoms with E-state index < -0.39 is 0 Å². The lowest BCUT2D eigenvalue weighted by Gasteiger charge is -2.08. The van der Waals surface area contributed by atoms with Crippen LogP contribution in [-0.2, 0) is 4.79 Å². The van der Waals surface area contributed by atoms with Crippen molar-refractivity contribution in [3.8, 4) is 5.75 Å². The van der Waals surface area contributed by atoms with Crippen molar-refractivity contribution in [3.63, 3.8) is 0 Å². The summed E-state index contributed by atoms with van der Waals surface area (Å²) >= 11 is 6.04. The van der Waals surface area contributed by atoms with Gasteiger partial charge in [-0.05, 0) is 37.3 Å². The molecule has 140 valence electrons. The van der Waals surface area contributed by atoms with Crippen molar-refractivity contribution < 1.29 is 9.53 Å². The van der Waals surface area contributed by atoms with Gasteiger partial charge in [-0.1, -0.05) is 17.7 Å². The summed E-state index contributed by atoms with van der Waals surface area (Å²) in [6, 6.07) is 10.6. The Hall–Kier alpha value is -2.07. The first-order valence-corrected chi connectivity index (χ1v) is 7.99. The number of methoxy groups -OCH3 is 1. The molecular formula is C17H21ClIN5O2. The van der Waals surface area contributed by atoms with Gasteiger partial charge in [0.1, 0.15) is 11.6 Å². The van der Waals surface area contributed by atoms with Gasteiger partial charge in [0.15, 0.2) is 5.96 Å². The molecule has 1 aromatic carbocycles. The average molecular weight is 490 g/mol. The van der Waals surface area contributed by atoms with Crippen LogP contribution in [0, 0.1) is 6.92 Å². The number of amides is 1. The summed E-state index contributed by atoms with van der Waals surface area (Å²) in [6.07, 6.45) is 0.196. The minimum Gasteiger partial charge on any atom is -0.495 e. The van der Waals surface area contributed by atoms with Crippen molar-refractivity contribution in [2.24, 2.45) is 10.7 Å². The van der Waals surface area contributed by atoms with Gasteiger partial charge in [-0.25, -0.2) is 4.98 Å². The third kappa shape index (κ3) is 7.04. The zero-order valence-corrected chi connectivity index (χ0v) is 17.5. The number of hydrogen-bond donors (Lipinski definition) is 3. The summed E-state index contributed by atoms with van der Waals surface area (Å²) in [7, 11) is 1.54. The summed E-state index contributed by atoms with van der Waals surface area (Å²) in [5.41, 5.74) is 7.32. The third-order valence-electron chi connectivity index (χ3n) is 3.20. The predicted molar refractivity (Wildman–Crippen MR) is 116 cm³/mol. The molecule has 0 atom stereocenters. The second-order valence-corrected chi connectivity index (χ2v) is 5.61. The maximum absolute atomic E-state index is 11.9. The normalized spacial score (nSPS) is 10.7. The molecule has 1 amide bonds. The van der Waals surface area contributed by atoms with Crippen LogP contribution in [0.2, 0.25) is 5.02 Å². The number of nitrogens with two attached hydrogens (primary N) is 1. The first kappa shape index (κ1) is 22.0. The molecule has 0 spiro atoms. The number of nitrogens with zero attached hydrogens (tertiary/aromatic N) is 2. The number of nitrogens with one attached hydrogen (secondary N) is 2. The number of guanidine groups is 1. The van der Waals surface area contributed by atoms with Crippen molar-refractivity contribution in [1.29, 1.82) is 0 Å². The van der Waals surface area contributed by atoms with E-state index in [-0.39, 0.29) is 48.8 Å². The molecular weight excluding hydrogens is 469 g/mol.